The lowest BCUT2D eigenvalue weighted by Gasteiger charge is -2.40. The van der Waals surface area contributed by atoms with E-state index in [0.717, 1.165) is 31.4 Å². The average Bonchev–Trinajstić information content (AvgIpc) is 2.41. The van der Waals surface area contributed by atoms with Gasteiger partial charge in [0.05, 0.1) is 5.60 Å². The lowest BCUT2D eigenvalue weighted by atomic mass is 9.71. The Labute approximate surface area is 114 Å². The van der Waals surface area contributed by atoms with E-state index >= 15 is 0 Å². The number of hydrogen-bond acceptors (Lipinski definition) is 5. The van der Waals surface area contributed by atoms with Crippen LogP contribution in [0.3, 0.4) is 0 Å². The van der Waals surface area contributed by atoms with E-state index in [1.165, 1.54) is 0 Å². The minimum absolute atomic E-state index is 0.361. The van der Waals surface area contributed by atoms with Crippen LogP contribution in [0.15, 0.2) is 18.3 Å². The molecule has 1 aliphatic carbocycles. The van der Waals surface area contributed by atoms with Crippen LogP contribution in [-0.4, -0.2) is 22.2 Å². The third kappa shape index (κ3) is 3.81. The Morgan fingerprint density at radius 1 is 1.32 bits per heavy atom. The molecule has 0 aliphatic heterocycles. The molecule has 0 radical (unpaired) electrons. The number of hydrogen-bond donors (Lipinski definition) is 4. The zero-order chi connectivity index (χ0) is 13.9. The van der Waals surface area contributed by atoms with Crippen LogP contribution in [-0.2, 0) is 0 Å². The van der Waals surface area contributed by atoms with Crippen LogP contribution >= 0.6 is 0 Å². The van der Waals surface area contributed by atoms with Crippen LogP contribution in [0.1, 0.15) is 39.5 Å². The Hall–Kier alpha value is -1.33. The molecule has 1 fully saturated rings. The van der Waals surface area contributed by atoms with Gasteiger partial charge in [0.15, 0.2) is 0 Å². The van der Waals surface area contributed by atoms with Crippen molar-refractivity contribution in [2.45, 2.75) is 45.1 Å². The van der Waals surface area contributed by atoms with Gasteiger partial charge in [0.2, 0.25) is 0 Å². The predicted molar refractivity (Wildman–Crippen MR) is 77.7 cm³/mol. The maximum Gasteiger partial charge on any atom is 0.141 e. The molecule has 1 aromatic heterocycles. The van der Waals surface area contributed by atoms with E-state index in [-0.39, 0.29) is 0 Å². The normalized spacial score (nSPS) is 20.8. The molecule has 19 heavy (non-hydrogen) atoms. The summed E-state index contributed by atoms with van der Waals surface area (Å²) in [5, 5.41) is 13.8. The molecule has 1 aromatic rings. The molecular weight excluding hydrogens is 240 g/mol. The molecule has 106 valence electrons. The van der Waals surface area contributed by atoms with Gasteiger partial charge in [0, 0.05) is 24.5 Å². The van der Waals surface area contributed by atoms with Crippen LogP contribution in [0.5, 0.6) is 0 Å². The van der Waals surface area contributed by atoms with Gasteiger partial charge in [-0.1, -0.05) is 13.8 Å². The van der Waals surface area contributed by atoms with Gasteiger partial charge in [-0.25, -0.2) is 10.8 Å². The van der Waals surface area contributed by atoms with Crippen molar-refractivity contribution >= 4 is 11.5 Å². The zero-order valence-electron chi connectivity index (χ0n) is 11.7. The molecule has 0 spiro atoms. The number of nitrogens with one attached hydrogen (secondary N) is 2. The first-order valence-electron chi connectivity index (χ1n) is 6.81. The molecule has 0 aromatic carbocycles. The van der Waals surface area contributed by atoms with E-state index in [2.05, 4.69) is 29.6 Å². The highest BCUT2D eigenvalue weighted by Gasteiger charge is 2.36. The van der Waals surface area contributed by atoms with Crippen LogP contribution in [0.25, 0.3) is 0 Å². The molecule has 5 heteroatoms. The van der Waals surface area contributed by atoms with Gasteiger partial charge in [0.25, 0.3) is 0 Å². The lowest BCUT2D eigenvalue weighted by Crippen LogP contribution is -2.42. The largest absolute Gasteiger partial charge is 0.388 e. The number of aromatic nitrogens is 1. The van der Waals surface area contributed by atoms with Crippen molar-refractivity contribution in [1.82, 2.24) is 4.98 Å². The Morgan fingerprint density at radius 3 is 2.63 bits per heavy atom. The second-order valence-corrected chi connectivity index (χ2v) is 6.32. The number of rotatable bonds is 4. The van der Waals surface area contributed by atoms with E-state index in [1.807, 2.05) is 12.1 Å². The summed E-state index contributed by atoms with van der Waals surface area (Å²) in [5.41, 5.74) is 3.19. The first-order chi connectivity index (χ1) is 8.92. The predicted octanol–water partition coefficient (Wildman–Crippen LogP) is 2.11. The topological polar surface area (TPSA) is 83.2 Å². The fourth-order valence-electron chi connectivity index (χ4n) is 2.45. The molecule has 1 aliphatic rings. The summed E-state index contributed by atoms with van der Waals surface area (Å²) in [6.07, 6.45) is 5.51. The summed E-state index contributed by atoms with van der Waals surface area (Å²) < 4.78 is 0. The van der Waals surface area contributed by atoms with Gasteiger partial charge in [-0.15, -0.1) is 0 Å². The van der Waals surface area contributed by atoms with Crippen molar-refractivity contribution in [3.8, 4) is 0 Å². The van der Waals surface area contributed by atoms with Crippen molar-refractivity contribution in [2.24, 2.45) is 11.3 Å². The summed E-state index contributed by atoms with van der Waals surface area (Å²) in [4.78, 5) is 4.05. The molecule has 0 saturated heterocycles. The third-order valence-electron chi connectivity index (χ3n) is 4.06. The van der Waals surface area contributed by atoms with E-state index in [4.69, 9.17) is 5.84 Å². The highest BCUT2D eigenvalue weighted by atomic mass is 16.3. The number of nitrogen functional groups attached to an aromatic ring is 1. The molecule has 0 unspecified atom stereocenters. The minimum Gasteiger partial charge on any atom is -0.388 e. The van der Waals surface area contributed by atoms with Crippen LogP contribution in [0.2, 0.25) is 0 Å². The summed E-state index contributed by atoms with van der Waals surface area (Å²) in [6.45, 7) is 5.10. The third-order valence-corrected chi connectivity index (χ3v) is 4.06. The molecule has 0 amide bonds. The number of aliphatic hydroxyl groups is 1. The smallest absolute Gasteiger partial charge is 0.141 e. The maximum absolute atomic E-state index is 10.6. The number of nitrogens with zero attached hydrogens (tertiary/aromatic N) is 1. The van der Waals surface area contributed by atoms with E-state index < -0.39 is 5.60 Å². The molecule has 2 rings (SSSR count). The van der Waals surface area contributed by atoms with Crippen molar-refractivity contribution < 1.29 is 5.11 Å². The van der Waals surface area contributed by atoms with E-state index in [9.17, 15) is 5.11 Å². The van der Waals surface area contributed by atoms with Crippen molar-refractivity contribution in [3.05, 3.63) is 18.3 Å². The second kappa shape index (κ2) is 5.35. The first-order valence-corrected chi connectivity index (χ1v) is 6.81. The van der Waals surface area contributed by atoms with Crippen molar-refractivity contribution in [2.75, 3.05) is 17.3 Å². The SMILES string of the molecule is CC1(C)CCC(O)(CNc2ccnc(NN)c2)CC1. The lowest BCUT2D eigenvalue weighted by molar-refractivity contribution is -0.0145. The monoisotopic (exact) mass is 264 g/mol. The Bertz CT molecular complexity index is 423. The number of hydrazine groups is 1. The molecule has 1 heterocycles. The molecular formula is C14H24N4O. The highest BCUT2D eigenvalue weighted by molar-refractivity contribution is 5.51. The van der Waals surface area contributed by atoms with E-state index in [0.29, 0.717) is 17.8 Å². The highest BCUT2D eigenvalue weighted by Crippen LogP contribution is 2.40. The molecule has 1 saturated carbocycles. The summed E-state index contributed by atoms with van der Waals surface area (Å²) in [5.74, 6) is 5.94. The van der Waals surface area contributed by atoms with Crippen molar-refractivity contribution in [3.63, 3.8) is 0 Å². The Kier molecular flexibility index (Phi) is 3.96. The Morgan fingerprint density at radius 2 is 2.00 bits per heavy atom. The standard InChI is InChI=1S/C14H24N4O/c1-13(2)4-6-14(19,7-5-13)10-17-11-3-8-16-12(9-11)18-15/h3,8-9,19H,4-7,10,15H2,1-2H3,(H2,16,17,18). The van der Waals surface area contributed by atoms with Gasteiger partial charge < -0.3 is 15.8 Å². The summed E-state index contributed by atoms with van der Waals surface area (Å²) in [7, 11) is 0. The fourth-order valence-corrected chi connectivity index (χ4v) is 2.45. The molecule has 0 bridgehead atoms. The van der Waals surface area contributed by atoms with Gasteiger partial charge >= 0.3 is 0 Å². The molecule has 0 atom stereocenters. The Balaban J connectivity index is 1.91. The van der Waals surface area contributed by atoms with Crippen molar-refractivity contribution in [1.29, 1.82) is 0 Å². The maximum atomic E-state index is 10.6. The van der Waals surface area contributed by atoms with Gasteiger partial charge in [-0.2, -0.15) is 0 Å². The molecule has 5 nitrogen and oxygen atoms in total. The van der Waals surface area contributed by atoms with Gasteiger partial charge in [-0.05, 0) is 37.2 Å². The second-order valence-electron chi connectivity index (χ2n) is 6.32. The number of nitrogens with two attached hydrogens (primary N) is 1. The number of anilines is 2. The minimum atomic E-state index is -0.602. The number of pyridine rings is 1. The van der Waals surface area contributed by atoms with Crippen LogP contribution < -0.4 is 16.6 Å². The fraction of sp³-hybridized carbons (Fsp3) is 0.643. The zero-order valence-corrected chi connectivity index (χ0v) is 11.7. The van der Waals surface area contributed by atoms with Gasteiger partial charge in [-0.3, -0.25) is 0 Å². The summed E-state index contributed by atoms with van der Waals surface area (Å²) >= 11 is 0. The summed E-state index contributed by atoms with van der Waals surface area (Å²) in [6, 6.07) is 3.70. The van der Waals surface area contributed by atoms with Crippen LogP contribution in [0, 0.1) is 5.41 Å². The van der Waals surface area contributed by atoms with Gasteiger partial charge in [0.1, 0.15) is 5.82 Å². The van der Waals surface area contributed by atoms with Crippen LogP contribution in [0.4, 0.5) is 11.5 Å². The quantitative estimate of drug-likeness (QED) is 0.494. The average molecular weight is 264 g/mol. The van der Waals surface area contributed by atoms with E-state index in [1.54, 1.807) is 6.20 Å². The first kappa shape index (κ1) is 14.1. The molecule has 5 N–H and O–H groups in total.